The van der Waals surface area contributed by atoms with Gasteiger partial charge < -0.3 is 5.11 Å². The van der Waals surface area contributed by atoms with E-state index >= 15 is 0 Å². The number of hydrogen-bond donors (Lipinski definition) is 1. The summed E-state index contributed by atoms with van der Waals surface area (Å²) >= 11 is 0. The molecule has 0 saturated heterocycles. The Labute approximate surface area is 123 Å². The molecule has 0 saturated carbocycles. The molecule has 0 aliphatic heterocycles. The standard InChI is InChI=1S/C14H10N4O4/c1-8-2-3-9(4-12(8)18(21)22)11-5-13-15-6-10(14(19)20)7-17(13)16-11/h2-7H,1H3,(H,19,20). The van der Waals surface area contributed by atoms with E-state index in [0.29, 0.717) is 22.5 Å². The van der Waals surface area contributed by atoms with Crippen LogP contribution in [0.25, 0.3) is 16.9 Å². The number of aryl methyl sites for hydroxylation is 1. The Bertz CT molecular complexity index is 916. The summed E-state index contributed by atoms with van der Waals surface area (Å²) in [5.41, 5.74) is 2.09. The van der Waals surface area contributed by atoms with E-state index in [1.54, 1.807) is 25.1 Å². The zero-order chi connectivity index (χ0) is 15.9. The molecule has 0 fully saturated rings. The summed E-state index contributed by atoms with van der Waals surface area (Å²) in [7, 11) is 0. The highest BCUT2D eigenvalue weighted by atomic mass is 16.6. The fourth-order valence-electron chi connectivity index (χ4n) is 2.09. The van der Waals surface area contributed by atoms with Crippen LogP contribution in [0.1, 0.15) is 15.9 Å². The van der Waals surface area contributed by atoms with Crippen molar-refractivity contribution >= 4 is 17.3 Å². The molecule has 0 unspecified atom stereocenters. The van der Waals surface area contributed by atoms with Crippen LogP contribution in [0.15, 0.2) is 36.7 Å². The molecule has 0 aliphatic rings. The Kier molecular flexibility index (Phi) is 3.06. The Balaban J connectivity index is 2.12. The lowest BCUT2D eigenvalue weighted by Gasteiger charge is -1.99. The molecule has 1 aromatic carbocycles. The number of nitro benzene ring substituents is 1. The third-order valence-electron chi connectivity index (χ3n) is 3.26. The zero-order valence-electron chi connectivity index (χ0n) is 11.4. The van der Waals surface area contributed by atoms with Gasteiger partial charge in [-0.1, -0.05) is 12.1 Å². The fraction of sp³-hybridized carbons (Fsp3) is 0.0714. The second-order valence-corrected chi connectivity index (χ2v) is 4.74. The maximum absolute atomic E-state index is 11.0. The van der Waals surface area contributed by atoms with Crippen molar-refractivity contribution in [1.82, 2.24) is 14.6 Å². The maximum atomic E-state index is 11.0. The summed E-state index contributed by atoms with van der Waals surface area (Å²) in [5.74, 6) is -1.10. The molecule has 110 valence electrons. The summed E-state index contributed by atoms with van der Waals surface area (Å²) in [4.78, 5) is 25.5. The number of nitrogens with zero attached hydrogens (tertiary/aromatic N) is 4. The first-order valence-corrected chi connectivity index (χ1v) is 6.30. The molecule has 8 heteroatoms. The molecular formula is C14H10N4O4. The van der Waals surface area contributed by atoms with E-state index < -0.39 is 10.9 Å². The topological polar surface area (TPSA) is 111 Å². The smallest absolute Gasteiger partial charge is 0.338 e. The first-order valence-electron chi connectivity index (χ1n) is 6.30. The second kappa shape index (κ2) is 4.92. The average molecular weight is 298 g/mol. The molecule has 2 aromatic heterocycles. The van der Waals surface area contributed by atoms with E-state index in [9.17, 15) is 14.9 Å². The van der Waals surface area contributed by atoms with Crippen molar-refractivity contribution in [3.8, 4) is 11.3 Å². The van der Waals surface area contributed by atoms with Crippen LogP contribution < -0.4 is 0 Å². The Morgan fingerprint density at radius 1 is 1.36 bits per heavy atom. The third kappa shape index (κ3) is 2.26. The quantitative estimate of drug-likeness (QED) is 0.586. The molecule has 8 nitrogen and oxygen atoms in total. The van der Waals surface area contributed by atoms with E-state index in [0.717, 1.165) is 0 Å². The molecular weight excluding hydrogens is 288 g/mol. The fourth-order valence-corrected chi connectivity index (χ4v) is 2.09. The molecule has 0 atom stereocenters. The van der Waals surface area contributed by atoms with E-state index in [4.69, 9.17) is 5.11 Å². The van der Waals surface area contributed by atoms with Crippen molar-refractivity contribution in [2.45, 2.75) is 6.92 Å². The highest BCUT2D eigenvalue weighted by Gasteiger charge is 2.14. The van der Waals surface area contributed by atoms with Gasteiger partial charge in [-0.3, -0.25) is 10.1 Å². The molecule has 0 radical (unpaired) electrons. The summed E-state index contributed by atoms with van der Waals surface area (Å²) in [5, 5.41) is 24.2. The molecule has 0 spiro atoms. The summed E-state index contributed by atoms with van der Waals surface area (Å²) in [6.07, 6.45) is 2.58. The first-order chi connectivity index (χ1) is 10.5. The molecule has 22 heavy (non-hydrogen) atoms. The molecule has 2 heterocycles. The lowest BCUT2D eigenvalue weighted by molar-refractivity contribution is -0.385. The average Bonchev–Trinajstić information content (AvgIpc) is 2.90. The molecule has 0 amide bonds. The lowest BCUT2D eigenvalue weighted by atomic mass is 10.1. The second-order valence-electron chi connectivity index (χ2n) is 4.74. The molecule has 0 aliphatic carbocycles. The number of hydrogen-bond acceptors (Lipinski definition) is 5. The monoisotopic (exact) mass is 298 g/mol. The highest BCUT2D eigenvalue weighted by molar-refractivity contribution is 5.87. The van der Waals surface area contributed by atoms with Gasteiger partial charge in [0.2, 0.25) is 0 Å². The molecule has 1 N–H and O–H groups in total. The van der Waals surface area contributed by atoms with Gasteiger partial charge in [0.1, 0.15) is 0 Å². The van der Waals surface area contributed by atoms with Gasteiger partial charge in [-0.2, -0.15) is 5.10 Å². The number of rotatable bonds is 3. The van der Waals surface area contributed by atoms with Crippen molar-refractivity contribution in [1.29, 1.82) is 0 Å². The van der Waals surface area contributed by atoms with Gasteiger partial charge in [0.15, 0.2) is 5.65 Å². The van der Waals surface area contributed by atoms with Crippen LogP contribution in [0.4, 0.5) is 5.69 Å². The molecule has 3 aromatic rings. The Hall–Kier alpha value is -3.29. The van der Waals surface area contributed by atoms with Gasteiger partial charge in [0, 0.05) is 35.7 Å². The van der Waals surface area contributed by atoms with E-state index in [2.05, 4.69) is 10.1 Å². The van der Waals surface area contributed by atoms with Crippen LogP contribution in [-0.2, 0) is 0 Å². The number of carbonyl (C=O) groups is 1. The van der Waals surface area contributed by atoms with Crippen molar-refractivity contribution in [2.75, 3.05) is 0 Å². The third-order valence-corrected chi connectivity index (χ3v) is 3.26. The van der Waals surface area contributed by atoms with Crippen molar-refractivity contribution in [2.24, 2.45) is 0 Å². The van der Waals surface area contributed by atoms with Gasteiger partial charge in [0.25, 0.3) is 5.69 Å². The van der Waals surface area contributed by atoms with E-state index in [1.165, 1.54) is 23.0 Å². The van der Waals surface area contributed by atoms with Gasteiger partial charge in [-0.15, -0.1) is 0 Å². The van der Waals surface area contributed by atoms with Crippen LogP contribution in [0, 0.1) is 17.0 Å². The number of nitro groups is 1. The normalized spacial score (nSPS) is 10.8. The maximum Gasteiger partial charge on any atom is 0.338 e. The number of fused-ring (bicyclic) bond motifs is 1. The van der Waals surface area contributed by atoms with Crippen LogP contribution in [0.5, 0.6) is 0 Å². The first kappa shape index (κ1) is 13.7. The number of aromatic nitrogens is 3. The van der Waals surface area contributed by atoms with Gasteiger partial charge in [-0.25, -0.2) is 14.3 Å². The van der Waals surface area contributed by atoms with Crippen molar-refractivity contribution in [3.05, 3.63) is 57.9 Å². The summed E-state index contributed by atoms with van der Waals surface area (Å²) in [6, 6.07) is 6.45. The minimum absolute atomic E-state index is 0.00809. The lowest BCUT2D eigenvalue weighted by Crippen LogP contribution is -2.01. The zero-order valence-corrected chi connectivity index (χ0v) is 11.4. The van der Waals surface area contributed by atoms with Gasteiger partial charge >= 0.3 is 5.97 Å². The van der Waals surface area contributed by atoms with E-state index in [-0.39, 0.29) is 11.3 Å². The number of carboxylic acids is 1. The SMILES string of the molecule is Cc1ccc(-c2cc3ncc(C(=O)O)cn3n2)cc1[N+](=O)[O-]. The van der Waals surface area contributed by atoms with E-state index in [1.807, 2.05) is 0 Å². The van der Waals surface area contributed by atoms with Crippen molar-refractivity contribution in [3.63, 3.8) is 0 Å². The van der Waals surface area contributed by atoms with Gasteiger partial charge in [0.05, 0.1) is 16.2 Å². The molecule has 3 rings (SSSR count). The van der Waals surface area contributed by atoms with Crippen LogP contribution in [0.3, 0.4) is 0 Å². The van der Waals surface area contributed by atoms with Crippen LogP contribution in [0.2, 0.25) is 0 Å². The number of carboxylic acid groups (broad SMARTS) is 1. The summed E-state index contributed by atoms with van der Waals surface area (Å²) < 4.78 is 1.34. The number of benzene rings is 1. The number of aromatic carboxylic acids is 1. The Morgan fingerprint density at radius 3 is 2.82 bits per heavy atom. The van der Waals surface area contributed by atoms with Crippen molar-refractivity contribution < 1.29 is 14.8 Å². The van der Waals surface area contributed by atoms with Crippen LogP contribution in [-0.4, -0.2) is 30.6 Å². The van der Waals surface area contributed by atoms with Crippen LogP contribution >= 0.6 is 0 Å². The van der Waals surface area contributed by atoms with Gasteiger partial charge in [-0.05, 0) is 6.92 Å². The minimum Gasteiger partial charge on any atom is -0.478 e. The molecule has 0 bridgehead atoms. The minimum atomic E-state index is -1.10. The predicted octanol–water partition coefficient (Wildman–Crippen LogP) is 2.31. The largest absolute Gasteiger partial charge is 0.478 e. The highest BCUT2D eigenvalue weighted by Crippen LogP contribution is 2.26. The predicted molar refractivity (Wildman–Crippen MR) is 76.8 cm³/mol. The Morgan fingerprint density at radius 2 is 2.14 bits per heavy atom. The summed E-state index contributed by atoms with van der Waals surface area (Å²) in [6.45, 7) is 1.66.